The summed E-state index contributed by atoms with van der Waals surface area (Å²) in [5.74, 6) is 0.245. The van der Waals surface area contributed by atoms with Crippen molar-refractivity contribution in [3.05, 3.63) is 23.8 Å². The molecule has 28 heavy (non-hydrogen) atoms. The quantitative estimate of drug-likeness (QED) is 0.755. The molecule has 2 aliphatic rings. The number of anilines is 1. The third-order valence-electron chi connectivity index (χ3n) is 5.60. The number of hydrogen-bond donors (Lipinski definition) is 1. The highest BCUT2D eigenvalue weighted by atomic mass is 16.5. The number of rotatable bonds is 6. The molecule has 0 radical (unpaired) electrons. The lowest BCUT2D eigenvalue weighted by atomic mass is 9.98. The van der Waals surface area contributed by atoms with Crippen molar-refractivity contribution in [2.24, 2.45) is 0 Å². The van der Waals surface area contributed by atoms with Gasteiger partial charge in [0.15, 0.2) is 11.9 Å². The SMILES string of the molecule is CC1Oc2ccc(C(=O)CCC(=O)N3CCCCC3CCO)cc2N(C)C1=O. The Morgan fingerprint density at radius 1 is 1.25 bits per heavy atom. The average molecular weight is 388 g/mol. The summed E-state index contributed by atoms with van der Waals surface area (Å²) in [4.78, 5) is 40.6. The molecule has 2 unspecified atom stereocenters. The summed E-state index contributed by atoms with van der Waals surface area (Å²) in [6, 6.07) is 5.11. The van der Waals surface area contributed by atoms with Crippen LogP contribution in [0, 0.1) is 0 Å². The van der Waals surface area contributed by atoms with Crippen molar-refractivity contribution in [3.63, 3.8) is 0 Å². The second kappa shape index (κ2) is 8.73. The van der Waals surface area contributed by atoms with Crippen LogP contribution in [0.5, 0.6) is 5.75 Å². The van der Waals surface area contributed by atoms with E-state index in [1.54, 1.807) is 32.2 Å². The number of carbonyl (C=O) groups is 3. The fourth-order valence-corrected chi connectivity index (χ4v) is 3.97. The summed E-state index contributed by atoms with van der Waals surface area (Å²) in [7, 11) is 1.66. The molecule has 1 aromatic carbocycles. The Labute approximate surface area is 165 Å². The van der Waals surface area contributed by atoms with E-state index < -0.39 is 6.10 Å². The van der Waals surface area contributed by atoms with Gasteiger partial charge >= 0.3 is 0 Å². The molecule has 1 saturated heterocycles. The molecular formula is C21H28N2O5. The number of nitrogens with zero attached hydrogens (tertiary/aromatic N) is 2. The Morgan fingerprint density at radius 2 is 2.04 bits per heavy atom. The van der Waals surface area contributed by atoms with Crippen molar-refractivity contribution < 1.29 is 24.2 Å². The second-order valence-electron chi connectivity index (χ2n) is 7.51. The van der Waals surface area contributed by atoms with Gasteiger partial charge in [0.2, 0.25) is 5.91 Å². The van der Waals surface area contributed by atoms with Crippen molar-refractivity contribution in [1.82, 2.24) is 4.90 Å². The van der Waals surface area contributed by atoms with Gasteiger partial charge in [0.1, 0.15) is 5.75 Å². The third kappa shape index (κ3) is 4.19. The minimum absolute atomic E-state index is 0.0334. The number of aliphatic hydroxyl groups is 1. The van der Waals surface area contributed by atoms with Crippen LogP contribution in [0.15, 0.2) is 18.2 Å². The lowest BCUT2D eigenvalue weighted by Crippen LogP contribution is -2.44. The number of likely N-dealkylation sites (N-methyl/N-ethyl adjacent to an activating group) is 1. The van der Waals surface area contributed by atoms with Gasteiger partial charge in [0.25, 0.3) is 5.91 Å². The number of carbonyl (C=O) groups excluding carboxylic acids is 3. The Bertz CT molecular complexity index is 761. The molecular weight excluding hydrogens is 360 g/mol. The smallest absolute Gasteiger partial charge is 0.267 e. The van der Waals surface area contributed by atoms with E-state index in [0.717, 1.165) is 19.3 Å². The van der Waals surface area contributed by atoms with Gasteiger partial charge in [0, 0.05) is 44.6 Å². The number of benzene rings is 1. The first-order valence-electron chi connectivity index (χ1n) is 9.94. The van der Waals surface area contributed by atoms with Crippen molar-refractivity contribution in [1.29, 1.82) is 0 Å². The van der Waals surface area contributed by atoms with Gasteiger partial charge in [-0.1, -0.05) is 0 Å². The Balaban J connectivity index is 1.64. The summed E-state index contributed by atoms with van der Waals surface area (Å²) in [6.07, 6.45) is 3.25. The van der Waals surface area contributed by atoms with Gasteiger partial charge in [-0.25, -0.2) is 0 Å². The standard InChI is InChI=1S/C21H28N2O5/c1-14-21(27)22(2)17-13-15(6-8-19(17)28-14)18(25)7-9-20(26)23-11-4-3-5-16(23)10-12-24/h6,8,13-14,16,24H,3-5,7,9-12H2,1-2H3. The van der Waals surface area contributed by atoms with E-state index >= 15 is 0 Å². The second-order valence-corrected chi connectivity index (χ2v) is 7.51. The first-order valence-corrected chi connectivity index (χ1v) is 9.94. The molecule has 2 heterocycles. The maximum atomic E-state index is 12.6. The summed E-state index contributed by atoms with van der Waals surface area (Å²) >= 11 is 0. The maximum Gasteiger partial charge on any atom is 0.267 e. The summed E-state index contributed by atoms with van der Waals surface area (Å²) in [5.41, 5.74) is 1.04. The highest BCUT2D eigenvalue weighted by Gasteiger charge is 2.30. The number of hydrogen-bond acceptors (Lipinski definition) is 5. The number of piperidine rings is 1. The number of ketones is 1. The van der Waals surface area contributed by atoms with Crippen LogP contribution in [0.4, 0.5) is 5.69 Å². The van der Waals surface area contributed by atoms with Gasteiger partial charge in [-0.2, -0.15) is 0 Å². The average Bonchev–Trinajstić information content (AvgIpc) is 2.70. The molecule has 7 heteroatoms. The molecule has 1 fully saturated rings. The van der Waals surface area contributed by atoms with E-state index in [0.29, 0.717) is 30.0 Å². The molecule has 2 atom stereocenters. The monoisotopic (exact) mass is 388 g/mol. The number of ether oxygens (including phenoxy) is 1. The molecule has 0 spiro atoms. The van der Waals surface area contributed by atoms with Crippen molar-refractivity contribution >= 4 is 23.3 Å². The van der Waals surface area contributed by atoms with Crippen LogP contribution < -0.4 is 9.64 Å². The van der Waals surface area contributed by atoms with Crippen molar-refractivity contribution in [2.75, 3.05) is 25.1 Å². The van der Waals surface area contributed by atoms with Gasteiger partial charge in [-0.15, -0.1) is 0 Å². The summed E-state index contributed by atoms with van der Waals surface area (Å²) < 4.78 is 5.58. The fourth-order valence-electron chi connectivity index (χ4n) is 3.97. The molecule has 7 nitrogen and oxygen atoms in total. The minimum atomic E-state index is -0.548. The molecule has 2 aliphatic heterocycles. The predicted molar refractivity (Wildman–Crippen MR) is 105 cm³/mol. The normalized spacial score (nSPS) is 21.9. The molecule has 0 saturated carbocycles. The topological polar surface area (TPSA) is 87.2 Å². The van der Waals surface area contributed by atoms with Crippen molar-refractivity contribution in [3.8, 4) is 5.75 Å². The van der Waals surface area contributed by atoms with E-state index in [-0.39, 0.29) is 43.1 Å². The molecule has 152 valence electrons. The molecule has 0 aliphatic carbocycles. The number of Topliss-reactive ketones (excluding diaryl/α,β-unsaturated/α-hetero) is 1. The van der Waals surface area contributed by atoms with Gasteiger partial charge in [-0.05, 0) is 50.8 Å². The third-order valence-corrected chi connectivity index (χ3v) is 5.60. The van der Waals surface area contributed by atoms with Crippen LogP contribution in [0.3, 0.4) is 0 Å². The Hall–Kier alpha value is -2.41. The molecule has 1 N–H and O–H groups in total. The maximum absolute atomic E-state index is 12.6. The van der Waals surface area contributed by atoms with Crippen LogP contribution in [0.2, 0.25) is 0 Å². The Kier molecular flexibility index (Phi) is 6.34. The van der Waals surface area contributed by atoms with Gasteiger partial charge in [-0.3, -0.25) is 14.4 Å². The predicted octanol–water partition coefficient (Wildman–Crippen LogP) is 2.16. The van der Waals surface area contributed by atoms with Gasteiger partial charge in [0.05, 0.1) is 5.69 Å². The van der Waals surface area contributed by atoms with E-state index in [2.05, 4.69) is 0 Å². The zero-order valence-electron chi connectivity index (χ0n) is 16.5. The van der Waals surface area contributed by atoms with Gasteiger partial charge < -0.3 is 19.6 Å². The van der Waals surface area contributed by atoms with Crippen LogP contribution in [-0.4, -0.2) is 59.9 Å². The number of amides is 2. The molecule has 3 rings (SSSR count). The van der Waals surface area contributed by atoms with Crippen LogP contribution in [-0.2, 0) is 9.59 Å². The fraction of sp³-hybridized carbons (Fsp3) is 0.571. The van der Waals surface area contributed by atoms with Crippen LogP contribution in [0.25, 0.3) is 0 Å². The largest absolute Gasteiger partial charge is 0.479 e. The lowest BCUT2D eigenvalue weighted by Gasteiger charge is -2.35. The van der Waals surface area contributed by atoms with E-state index in [4.69, 9.17) is 4.74 Å². The number of fused-ring (bicyclic) bond motifs is 1. The highest BCUT2D eigenvalue weighted by Crippen LogP contribution is 2.34. The highest BCUT2D eigenvalue weighted by molar-refractivity contribution is 6.03. The van der Waals surface area contributed by atoms with E-state index in [1.807, 2.05) is 4.90 Å². The molecule has 0 aromatic heterocycles. The molecule has 1 aromatic rings. The number of likely N-dealkylation sites (tertiary alicyclic amines) is 1. The van der Waals surface area contributed by atoms with Crippen LogP contribution in [0.1, 0.15) is 55.8 Å². The van der Waals surface area contributed by atoms with Crippen molar-refractivity contribution in [2.45, 2.75) is 57.6 Å². The van der Waals surface area contributed by atoms with E-state index in [9.17, 15) is 19.5 Å². The molecule has 2 amide bonds. The minimum Gasteiger partial charge on any atom is -0.479 e. The van der Waals surface area contributed by atoms with E-state index in [1.165, 1.54) is 4.90 Å². The zero-order chi connectivity index (χ0) is 20.3. The first-order chi connectivity index (χ1) is 13.4. The summed E-state index contributed by atoms with van der Waals surface area (Å²) in [6.45, 7) is 2.45. The zero-order valence-corrected chi connectivity index (χ0v) is 16.5. The van der Waals surface area contributed by atoms with Crippen LogP contribution >= 0.6 is 0 Å². The molecule has 0 bridgehead atoms. The Morgan fingerprint density at radius 3 is 2.79 bits per heavy atom. The summed E-state index contributed by atoms with van der Waals surface area (Å²) in [5, 5.41) is 9.21. The lowest BCUT2D eigenvalue weighted by molar-refractivity contribution is -0.135. The first kappa shape index (κ1) is 20.3. The number of aliphatic hydroxyl groups excluding tert-OH is 1.